The van der Waals surface area contributed by atoms with Crippen molar-refractivity contribution in [2.45, 2.75) is 35.3 Å². The van der Waals surface area contributed by atoms with Gasteiger partial charge >= 0.3 is 0 Å². The highest BCUT2D eigenvalue weighted by Gasteiger charge is 2.35. The Morgan fingerprint density at radius 3 is 2.67 bits per heavy atom. The Morgan fingerprint density at radius 1 is 1.08 bits per heavy atom. The van der Waals surface area contributed by atoms with E-state index in [4.69, 9.17) is 0 Å². The van der Waals surface area contributed by atoms with Gasteiger partial charge < -0.3 is 0 Å². The van der Waals surface area contributed by atoms with Crippen LogP contribution >= 0.6 is 31.9 Å². The minimum atomic E-state index is 0.729. The van der Waals surface area contributed by atoms with Gasteiger partial charge in [-0.1, -0.05) is 50.4 Å². The number of allylic oxidation sites excluding steroid dienone is 2. The molecule has 0 saturated heterocycles. The zero-order valence-electron chi connectivity index (χ0n) is 7.05. The van der Waals surface area contributed by atoms with Crippen LogP contribution in [0.25, 0.3) is 0 Å². The van der Waals surface area contributed by atoms with Crippen molar-refractivity contribution in [1.29, 1.82) is 0 Å². The third kappa shape index (κ3) is 1.65. The molecule has 4 unspecified atom stereocenters. The number of rotatable bonds is 0. The number of hydrogen-bond acceptors (Lipinski definition) is 0. The fraction of sp³-hybridized carbons (Fsp3) is 0.800. The van der Waals surface area contributed by atoms with Crippen molar-refractivity contribution in [2.75, 3.05) is 0 Å². The molecular weight excluding hydrogens is 280 g/mol. The monoisotopic (exact) mass is 292 g/mol. The molecule has 0 bridgehead atoms. The summed E-state index contributed by atoms with van der Waals surface area (Å²) in [5, 5.41) is 0. The van der Waals surface area contributed by atoms with E-state index in [0.29, 0.717) is 0 Å². The molecule has 0 aromatic heterocycles. The van der Waals surface area contributed by atoms with Gasteiger partial charge in [0.2, 0.25) is 0 Å². The van der Waals surface area contributed by atoms with Gasteiger partial charge in [-0.25, -0.2) is 0 Å². The summed E-state index contributed by atoms with van der Waals surface area (Å²) in [4.78, 5) is 1.46. The molecule has 0 heterocycles. The zero-order chi connectivity index (χ0) is 8.55. The molecule has 0 radical (unpaired) electrons. The maximum absolute atomic E-state index is 3.79. The minimum Gasteiger partial charge on any atom is -0.0884 e. The summed E-state index contributed by atoms with van der Waals surface area (Å²) in [6.45, 7) is 0. The van der Waals surface area contributed by atoms with Crippen LogP contribution in [0, 0.1) is 11.8 Å². The summed E-state index contributed by atoms with van der Waals surface area (Å²) in [6, 6.07) is 0. The van der Waals surface area contributed by atoms with E-state index >= 15 is 0 Å². The largest absolute Gasteiger partial charge is 0.0884 e. The minimum absolute atomic E-state index is 0.729. The molecule has 0 amide bonds. The van der Waals surface area contributed by atoms with Crippen LogP contribution in [0.5, 0.6) is 0 Å². The lowest BCUT2D eigenvalue weighted by atomic mass is 9.74. The van der Waals surface area contributed by atoms with Crippen LogP contribution in [0.3, 0.4) is 0 Å². The van der Waals surface area contributed by atoms with Crippen LogP contribution in [0.1, 0.15) is 25.7 Å². The molecule has 68 valence electrons. The van der Waals surface area contributed by atoms with E-state index in [0.717, 1.165) is 21.5 Å². The maximum atomic E-state index is 3.79. The summed E-state index contributed by atoms with van der Waals surface area (Å²) in [5.74, 6) is 1.67. The average molecular weight is 294 g/mol. The first-order valence-electron chi connectivity index (χ1n) is 4.74. The molecule has 0 nitrogen and oxygen atoms in total. The van der Waals surface area contributed by atoms with E-state index in [-0.39, 0.29) is 0 Å². The molecule has 2 rings (SSSR count). The second-order valence-corrected chi connectivity index (χ2v) is 6.22. The topological polar surface area (TPSA) is 0 Å². The van der Waals surface area contributed by atoms with Crippen molar-refractivity contribution in [3.63, 3.8) is 0 Å². The van der Waals surface area contributed by atoms with Gasteiger partial charge in [0.15, 0.2) is 0 Å². The number of fused-ring (bicyclic) bond motifs is 1. The van der Waals surface area contributed by atoms with Gasteiger partial charge in [-0.2, -0.15) is 0 Å². The SMILES string of the molecule is BrC1CCCC2C(Br)CC=CC12. The first-order chi connectivity index (χ1) is 5.79. The molecule has 0 aromatic carbocycles. The lowest BCUT2D eigenvalue weighted by molar-refractivity contribution is 0.281. The molecule has 1 saturated carbocycles. The highest BCUT2D eigenvalue weighted by atomic mass is 79.9. The molecule has 4 atom stereocenters. The zero-order valence-corrected chi connectivity index (χ0v) is 10.2. The van der Waals surface area contributed by atoms with Gasteiger partial charge in [-0.3, -0.25) is 0 Å². The fourth-order valence-electron chi connectivity index (χ4n) is 2.43. The molecule has 0 N–H and O–H groups in total. The van der Waals surface area contributed by atoms with Gasteiger partial charge in [0.25, 0.3) is 0 Å². The number of hydrogen-bond donors (Lipinski definition) is 0. The van der Waals surface area contributed by atoms with Gasteiger partial charge in [0, 0.05) is 9.65 Å². The lowest BCUT2D eigenvalue weighted by Gasteiger charge is -2.38. The number of halogens is 2. The van der Waals surface area contributed by atoms with Crippen LogP contribution in [-0.2, 0) is 0 Å². The summed E-state index contributed by atoms with van der Waals surface area (Å²) >= 11 is 7.57. The van der Waals surface area contributed by atoms with Gasteiger partial charge in [0.1, 0.15) is 0 Å². The molecule has 2 aliphatic carbocycles. The smallest absolute Gasteiger partial charge is 0.0214 e. The second kappa shape index (κ2) is 3.83. The highest BCUT2D eigenvalue weighted by molar-refractivity contribution is 9.09. The standard InChI is InChI=1S/C10H14Br2/c11-9-5-1-3-7-8(9)4-2-6-10(7)12/h1,3,7-10H,2,4-6H2. The average Bonchev–Trinajstić information content (AvgIpc) is 2.07. The van der Waals surface area contributed by atoms with Crippen LogP contribution in [-0.4, -0.2) is 9.65 Å². The maximum Gasteiger partial charge on any atom is 0.0214 e. The van der Waals surface area contributed by atoms with E-state index < -0.39 is 0 Å². The van der Waals surface area contributed by atoms with Gasteiger partial charge in [0.05, 0.1) is 0 Å². The normalized spacial score (nSPS) is 47.2. The Labute approximate surface area is 91.1 Å². The molecule has 0 aliphatic heterocycles. The van der Waals surface area contributed by atoms with Crippen molar-refractivity contribution >= 4 is 31.9 Å². The molecule has 12 heavy (non-hydrogen) atoms. The van der Waals surface area contributed by atoms with Crippen molar-refractivity contribution < 1.29 is 0 Å². The van der Waals surface area contributed by atoms with E-state index in [2.05, 4.69) is 44.0 Å². The summed E-state index contributed by atoms with van der Waals surface area (Å²) in [5.41, 5.74) is 0. The van der Waals surface area contributed by atoms with Crippen molar-refractivity contribution in [3.05, 3.63) is 12.2 Å². The number of alkyl halides is 2. The highest BCUT2D eigenvalue weighted by Crippen LogP contribution is 2.42. The lowest BCUT2D eigenvalue weighted by Crippen LogP contribution is -2.34. The van der Waals surface area contributed by atoms with E-state index in [1.807, 2.05) is 0 Å². The van der Waals surface area contributed by atoms with Crippen molar-refractivity contribution in [2.24, 2.45) is 11.8 Å². The third-order valence-electron chi connectivity index (χ3n) is 3.11. The quantitative estimate of drug-likeness (QED) is 0.469. The van der Waals surface area contributed by atoms with Crippen molar-refractivity contribution in [1.82, 2.24) is 0 Å². The molecular formula is C10H14Br2. The van der Waals surface area contributed by atoms with E-state index in [1.165, 1.54) is 25.7 Å². The predicted octanol–water partition coefficient (Wildman–Crippen LogP) is 3.89. The Morgan fingerprint density at radius 2 is 1.92 bits per heavy atom. The van der Waals surface area contributed by atoms with E-state index in [9.17, 15) is 0 Å². The van der Waals surface area contributed by atoms with E-state index in [1.54, 1.807) is 0 Å². The van der Waals surface area contributed by atoms with Crippen LogP contribution in [0.15, 0.2) is 12.2 Å². The Kier molecular flexibility index (Phi) is 2.96. The summed E-state index contributed by atoms with van der Waals surface area (Å²) in [6.07, 6.45) is 10.1. The molecule has 2 heteroatoms. The Hall–Kier alpha value is 0.700. The second-order valence-electron chi connectivity index (χ2n) is 3.87. The van der Waals surface area contributed by atoms with Crippen molar-refractivity contribution in [3.8, 4) is 0 Å². The van der Waals surface area contributed by atoms with Gasteiger partial charge in [-0.15, -0.1) is 0 Å². The van der Waals surface area contributed by atoms with Gasteiger partial charge in [-0.05, 0) is 31.1 Å². The van der Waals surface area contributed by atoms with Crippen LogP contribution in [0.2, 0.25) is 0 Å². The third-order valence-corrected chi connectivity index (χ3v) is 5.23. The first kappa shape index (κ1) is 9.26. The van der Waals surface area contributed by atoms with Crippen LogP contribution in [0.4, 0.5) is 0 Å². The fourth-order valence-corrected chi connectivity index (χ4v) is 4.15. The first-order valence-corrected chi connectivity index (χ1v) is 6.57. The molecule has 0 aromatic rings. The molecule has 2 aliphatic rings. The van der Waals surface area contributed by atoms with Crippen LogP contribution < -0.4 is 0 Å². The molecule has 0 spiro atoms. The summed E-state index contributed by atoms with van der Waals surface area (Å²) in [7, 11) is 0. The molecule has 1 fully saturated rings. The summed E-state index contributed by atoms with van der Waals surface area (Å²) < 4.78 is 0. The Bertz CT molecular complexity index is 188. The Balaban J connectivity index is 2.14. The predicted molar refractivity (Wildman–Crippen MR) is 60.0 cm³/mol.